The summed E-state index contributed by atoms with van der Waals surface area (Å²) in [4.78, 5) is 41.1. The highest BCUT2D eigenvalue weighted by Crippen LogP contribution is 2.21. The lowest BCUT2D eigenvalue weighted by atomic mass is 10.2. The van der Waals surface area contributed by atoms with Gasteiger partial charge in [-0.05, 0) is 17.7 Å². The van der Waals surface area contributed by atoms with Crippen molar-refractivity contribution < 1.29 is 22.7 Å². The van der Waals surface area contributed by atoms with E-state index in [1.165, 1.54) is 7.11 Å². The first-order chi connectivity index (χ1) is 16.2. The van der Waals surface area contributed by atoms with Crippen LogP contribution in [-0.2, 0) is 16.1 Å². The SMILES string of the molecule is COCCN(C(=O)CNc1ccc(F)c(F)c1F)c1c(N)n(Cc2ccccc2)c(=O)[nH]c1=O. The van der Waals surface area contributed by atoms with Crippen LogP contribution in [-0.4, -0.2) is 42.3 Å². The molecule has 0 unspecified atom stereocenters. The topological polar surface area (TPSA) is 122 Å². The van der Waals surface area contributed by atoms with Gasteiger partial charge in [-0.15, -0.1) is 0 Å². The van der Waals surface area contributed by atoms with Crippen LogP contribution in [0, 0.1) is 17.5 Å². The lowest BCUT2D eigenvalue weighted by molar-refractivity contribution is -0.117. The van der Waals surface area contributed by atoms with Gasteiger partial charge in [-0.3, -0.25) is 19.1 Å². The molecule has 34 heavy (non-hydrogen) atoms. The number of halogens is 3. The molecule has 0 saturated carbocycles. The molecule has 12 heteroatoms. The second-order valence-electron chi connectivity index (χ2n) is 7.18. The quantitative estimate of drug-likeness (QED) is 0.403. The third kappa shape index (κ3) is 5.29. The number of methoxy groups -OCH3 is 1. The number of carbonyl (C=O) groups excluding carboxylic acids is 1. The molecule has 0 spiro atoms. The van der Waals surface area contributed by atoms with Crippen molar-refractivity contribution in [3.63, 3.8) is 0 Å². The lowest BCUT2D eigenvalue weighted by Gasteiger charge is -2.24. The molecule has 2 aromatic carbocycles. The molecule has 3 aromatic rings. The average Bonchev–Trinajstić information content (AvgIpc) is 2.82. The number of nitrogens with zero attached hydrogens (tertiary/aromatic N) is 2. The van der Waals surface area contributed by atoms with Crippen LogP contribution in [0.3, 0.4) is 0 Å². The highest BCUT2D eigenvalue weighted by Gasteiger charge is 2.25. The molecule has 0 bridgehead atoms. The summed E-state index contributed by atoms with van der Waals surface area (Å²) in [5.74, 6) is -5.59. The van der Waals surface area contributed by atoms with Crippen LogP contribution >= 0.6 is 0 Å². The van der Waals surface area contributed by atoms with E-state index in [0.29, 0.717) is 6.07 Å². The van der Waals surface area contributed by atoms with Gasteiger partial charge in [0.25, 0.3) is 5.56 Å². The van der Waals surface area contributed by atoms with Gasteiger partial charge in [0.2, 0.25) is 5.91 Å². The Morgan fingerprint density at radius 3 is 2.50 bits per heavy atom. The Morgan fingerprint density at radius 1 is 1.12 bits per heavy atom. The smallest absolute Gasteiger partial charge is 0.330 e. The maximum atomic E-state index is 13.9. The predicted molar refractivity (Wildman–Crippen MR) is 120 cm³/mol. The minimum atomic E-state index is -1.69. The number of ether oxygens (including phenoxy) is 1. The zero-order valence-electron chi connectivity index (χ0n) is 18.1. The fourth-order valence-electron chi connectivity index (χ4n) is 3.23. The fraction of sp³-hybridized carbons (Fsp3) is 0.227. The van der Waals surface area contributed by atoms with Crippen LogP contribution in [0.1, 0.15) is 5.56 Å². The van der Waals surface area contributed by atoms with Crippen LogP contribution in [0.5, 0.6) is 0 Å². The van der Waals surface area contributed by atoms with Crippen LogP contribution in [0.2, 0.25) is 0 Å². The number of nitrogens with two attached hydrogens (primary N) is 1. The van der Waals surface area contributed by atoms with Crippen molar-refractivity contribution in [3.8, 4) is 0 Å². The lowest BCUT2D eigenvalue weighted by Crippen LogP contribution is -2.44. The van der Waals surface area contributed by atoms with Crippen LogP contribution in [0.15, 0.2) is 52.1 Å². The van der Waals surface area contributed by atoms with E-state index in [9.17, 15) is 27.6 Å². The van der Waals surface area contributed by atoms with E-state index in [4.69, 9.17) is 10.5 Å². The van der Waals surface area contributed by atoms with Gasteiger partial charge in [0, 0.05) is 13.7 Å². The number of hydrogen-bond donors (Lipinski definition) is 3. The van der Waals surface area contributed by atoms with Crippen molar-refractivity contribution in [2.24, 2.45) is 0 Å². The van der Waals surface area contributed by atoms with Gasteiger partial charge in [-0.1, -0.05) is 30.3 Å². The third-order valence-corrected chi connectivity index (χ3v) is 4.95. The molecule has 0 atom stereocenters. The zero-order valence-corrected chi connectivity index (χ0v) is 18.1. The van der Waals surface area contributed by atoms with E-state index in [0.717, 1.165) is 21.1 Å². The molecular weight excluding hydrogens is 455 g/mol. The van der Waals surface area contributed by atoms with Gasteiger partial charge in [-0.2, -0.15) is 0 Å². The molecule has 9 nitrogen and oxygen atoms in total. The highest BCUT2D eigenvalue weighted by molar-refractivity contribution is 5.98. The minimum Gasteiger partial charge on any atom is -0.383 e. The number of rotatable bonds is 9. The molecule has 1 amide bonds. The van der Waals surface area contributed by atoms with Gasteiger partial charge >= 0.3 is 5.69 Å². The van der Waals surface area contributed by atoms with Crippen molar-refractivity contribution in [3.05, 3.63) is 86.3 Å². The maximum absolute atomic E-state index is 13.9. The molecule has 1 heterocycles. The van der Waals surface area contributed by atoms with Gasteiger partial charge < -0.3 is 20.7 Å². The number of hydrogen-bond acceptors (Lipinski definition) is 6. The van der Waals surface area contributed by atoms with Crippen molar-refractivity contribution >= 4 is 23.1 Å². The maximum Gasteiger partial charge on any atom is 0.330 e. The Kier molecular flexibility index (Phi) is 7.74. The summed E-state index contributed by atoms with van der Waals surface area (Å²) in [6.45, 7) is -0.696. The summed E-state index contributed by atoms with van der Waals surface area (Å²) in [7, 11) is 1.38. The number of benzene rings is 2. The zero-order chi connectivity index (χ0) is 24.8. The number of H-pyrrole nitrogens is 1. The van der Waals surface area contributed by atoms with E-state index >= 15 is 0 Å². The Balaban J connectivity index is 1.94. The first-order valence-electron chi connectivity index (χ1n) is 10.1. The number of anilines is 3. The van der Waals surface area contributed by atoms with Crippen LogP contribution in [0.25, 0.3) is 0 Å². The van der Waals surface area contributed by atoms with E-state index < -0.39 is 46.8 Å². The Hall–Kier alpha value is -4.06. The van der Waals surface area contributed by atoms with Crippen molar-refractivity contribution in [1.82, 2.24) is 9.55 Å². The summed E-state index contributed by atoms with van der Waals surface area (Å²) in [5.41, 5.74) is 4.45. The Bertz CT molecular complexity index is 1290. The monoisotopic (exact) mass is 477 g/mol. The second kappa shape index (κ2) is 10.7. The first kappa shape index (κ1) is 24.6. The van der Waals surface area contributed by atoms with E-state index in [1.54, 1.807) is 30.3 Å². The van der Waals surface area contributed by atoms with Crippen molar-refractivity contribution in [2.75, 3.05) is 42.8 Å². The fourth-order valence-corrected chi connectivity index (χ4v) is 3.23. The van der Waals surface area contributed by atoms with Crippen LogP contribution in [0.4, 0.5) is 30.4 Å². The summed E-state index contributed by atoms with van der Waals surface area (Å²) in [6, 6.07) is 10.5. The average molecular weight is 477 g/mol. The van der Waals surface area contributed by atoms with Gasteiger partial charge in [-0.25, -0.2) is 18.0 Å². The third-order valence-electron chi connectivity index (χ3n) is 4.95. The number of nitrogen functional groups attached to an aromatic ring is 1. The van der Waals surface area contributed by atoms with E-state index in [2.05, 4.69) is 10.3 Å². The molecule has 0 aliphatic carbocycles. The minimum absolute atomic E-state index is 0.00195. The number of amides is 1. The Morgan fingerprint density at radius 2 is 1.82 bits per heavy atom. The normalized spacial score (nSPS) is 10.8. The first-order valence-corrected chi connectivity index (χ1v) is 10.1. The second-order valence-corrected chi connectivity index (χ2v) is 7.18. The van der Waals surface area contributed by atoms with Gasteiger partial charge in [0.05, 0.1) is 25.4 Å². The van der Waals surface area contributed by atoms with Gasteiger partial charge in [0.1, 0.15) is 5.82 Å². The van der Waals surface area contributed by atoms with E-state index in [-0.39, 0.29) is 31.2 Å². The van der Waals surface area contributed by atoms with E-state index in [1.807, 2.05) is 0 Å². The largest absolute Gasteiger partial charge is 0.383 e. The molecule has 180 valence electrons. The van der Waals surface area contributed by atoms with Crippen molar-refractivity contribution in [2.45, 2.75) is 6.54 Å². The molecule has 4 N–H and O–H groups in total. The Labute approximate surface area is 191 Å². The number of nitrogens with one attached hydrogen (secondary N) is 2. The van der Waals surface area contributed by atoms with Crippen molar-refractivity contribution in [1.29, 1.82) is 0 Å². The molecule has 0 radical (unpaired) electrons. The molecule has 0 aliphatic rings. The standard InChI is InChI=1S/C22H22F3N5O4/c1-34-10-9-29(16(31)11-27-15-8-7-14(23)17(24)18(15)25)19-20(26)30(22(33)28-21(19)32)12-13-5-3-2-4-6-13/h2-8,27H,9-12,26H2,1H3,(H,28,32,33). The summed E-state index contributed by atoms with van der Waals surface area (Å²) >= 11 is 0. The number of carbonyl (C=O) groups is 1. The highest BCUT2D eigenvalue weighted by atomic mass is 19.2. The molecule has 3 rings (SSSR count). The molecular formula is C22H22F3N5O4. The molecule has 1 aromatic heterocycles. The summed E-state index contributed by atoms with van der Waals surface area (Å²) in [5, 5.41) is 2.38. The molecule has 0 fully saturated rings. The summed E-state index contributed by atoms with van der Waals surface area (Å²) in [6.07, 6.45) is 0. The number of aromatic nitrogens is 2. The number of aromatic amines is 1. The predicted octanol–water partition coefficient (Wildman–Crippen LogP) is 1.68. The molecule has 0 saturated heterocycles. The van der Waals surface area contributed by atoms with Gasteiger partial charge in [0.15, 0.2) is 23.1 Å². The summed E-state index contributed by atoms with van der Waals surface area (Å²) < 4.78 is 46.7. The molecule has 0 aliphatic heterocycles. The van der Waals surface area contributed by atoms with Crippen LogP contribution < -0.4 is 27.2 Å².